The van der Waals surface area contributed by atoms with Crippen LogP contribution in [0.25, 0.3) is 0 Å². The molecule has 82 valence electrons. The molecule has 2 nitrogen and oxygen atoms in total. The zero-order valence-electron chi connectivity index (χ0n) is 9.04. The van der Waals surface area contributed by atoms with E-state index in [1.165, 1.54) is 47.7 Å². The van der Waals surface area contributed by atoms with Crippen molar-refractivity contribution in [3.8, 4) is 0 Å². The first-order chi connectivity index (χ1) is 7.34. The molecule has 2 N–H and O–H groups in total. The fourth-order valence-corrected chi connectivity index (χ4v) is 4.14. The summed E-state index contributed by atoms with van der Waals surface area (Å²) < 4.78 is 0. The minimum Gasteiger partial charge on any atom is -0.323 e. The Hall–Kier alpha value is -0.410. The predicted molar refractivity (Wildman–Crippen MR) is 63.2 cm³/mol. The van der Waals surface area contributed by atoms with Crippen molar-refractivity contribution in [1.82, 2.24) is 4.98 Å². The molecule has 0 spiro atoms. The van der Waals surface area contributed by atoms with E-state index in [1.54, 1.807) is 0 Å². The molecule has 3 rings (SSSR count). The fourth-order valence-electron chi connectivity index (χ4n) is 2.82. The molecular weight excluding hydrogens is 204 g/mol. The van der Waals surface area contributed by atoms with Crippen LogP contribution < -0.4 is 5.73 Å². The monoisotopic (exact) mass is 222 g/mol. The van der Waals surface area contributed by atoms with E-state index in [4.69, 9.17) is 10.7 Å². The standard InChI is InChI=1S/C12H18N2S/c13-9-6-3-7-10-11(9)15-12(14-10)8-4-1-2-5-8/h8-9H,1-7,13H2. The minimum absolute atomic E-state index is 0.279. The highest BCUT2D eigenvalue weighted by Crippen LogP contribution is 2.40. The summed E-state index contributed by atoms with van der Waals surface area (Å²) in [7, 11) is 0. The van der Waals surface area contributed by atoms with Gasteiger partial charge in [0, 0.05) is 16.8 Å². The van der Waals surface area contributed by atoms with Crippen LogP contribution in [0.1, 0.15) is 66.1 Å². The molecule has 1 aromatic heterocycles. The van der Waals surface area contributed by atoms with Crippen LogP contribution >= 0.6 is 11.3 Å². The normalized spacial score (nSPS) is 26.9. The lowest BCUT2D eigenvalue weighted by atomic mass is 9.99. The molecule has 0 aliphatic heterocycles. The fraction of sp³-hybridized carbons (Fsp3) is 0.750. The Morgan fingerprint density at radius 1 is 1.13 bits per heavy atom. The van der Waals surface area contributed by atoms with Crippen molar-refractivity contribution in [2.24, 2.45) is 5.73 Å². The van der Waals surface area contributed by atoms with Gasteiger partial charge in [0.1, 0.15) is 0 Å². The van der Waals surface area contributed by atoms with Gasteiger partial charge in [-0.25, -0.2) is 4.98 Å². The van der Waals surface area contributed by atoms with Gasteiger partial charge in [-0.2, -0.15) is 0 Å². The van der Waals surface area contributed by atoms with Crippen LogP contribution in [0, 0.1) is 0 Å². The highest BCUT2D eigenvalue weighted by atomic mass is 32.1. The zero-order chi connectivity index (χ0) is 10.3. The number of nitrogens with two attached hydrogens (primary N) is 1. The van der Waals surface area contributed by atoms with Gasteiger partial charge in [-0.1, -0.05) is 12.8 Å². The predicted octanol–water partition coefficient (Wildman–Crippen LogP) is 3.14. The van der Waals surface area contributed by atoms with E-state index >= 15 is 0 Å². The summed E-state index contributed by atoms with van der Waals surface area (Å²) >= 11 is 1.90. The van der Waals surface area contributed by atoms with Crippen molar-refractivity contribution >= 4 is 11.3 Å². The van der Waals surface area contributed by atoms with Crippen LogP contribution in [0.3, 0.4) is 0 Å². The molecule has 15 heavy (non-hydrogen) atoms. The molecule has 1 aromatic rings. The van der Waals surface area contributed by atoms with Crippen molar-refractivity contribution in [1.29, 1.82) is 0 Å². The van der Waals surface area contributed by atoms with Crippen LogP contribution in [0.5, 0.6) is 0 Å². The zero-order valence-corrected chi connectivity index (χ0v) is 9.85. The van der Waals surface area contributed by atoms with Gasteiger partial charge in [0.05, 0.1) is 10.7 Å². The molecule has 0 bridgehead atoms. The van der Waals surface area contributed by atoms with E-state index in [9.17, 15) is 0 Å². The molecule has 1 unspecified atom stereocenters. The molecule has 0 saturated heterocycles. The number of hydrogen-bond acceptors (Lipinski definition) is 3. The Kier molecular flexibility index (Phi) is 2.53. The first-order valence-corrected chi connectivity index (χ1v) is 6.91. The largest absolute Gasteiger partial charge is 0.323 e. The van der Waals surface area contributed by atoms with Gasteiger partial charge in [0.15, 0.2) is 0 Å². The van der Waals surface area contributed by atoms with E-state index in [1.807, 2.05) is 11.3 Å². The summed E-state index contributed by atoms with van der Waals surface area (Å²) in [5.74, 6) is 0.757. The number of aromatic nitrogens is 1. The summed E-state index contributed by atoms with van der Waals surface area (Å²) in [5.41, 5.74) is 7.45. The van der Waals surface area contributed by atoms with Crippen molar-refractivity contribution in [3.63, 3.8) is 0 Å². The SMILES string of the molecule is NC1CCCc2nc(C3CCCC3)sc21. The number of aryl methyl sites for hydroxylation is 1. The maximum Gasteiger partial charge on any atom is 0.0962 e. The Balaban J connectivity index is 1.90. The van der Waals surface area contributed by atoms with E-state index in [0.29, 0.717) is 0 Å². The van der Waals surface area contributed by atoms with Gasteiger partial charge in [-0.05, 0) is 32.1 Å². The Morgan fingerprint density at radius 3 is 2.67 bits per heavy atom. The van der Waals surface area contributed by atoms with Gasteiger partial charge in [-0.3, -0.25) is 0 Å². The molecule has 0 aromatic carbocycles. The Bertz CT molecular complexity index is 353. The number of fused-ring (bicyclic) bond motifs is 1. The summed E-state index contributed by atoms with van der Waals surface area (Å²) in [6.45, 7) is 0. The van der Waals surface area contributed by atoms with Gasteiger partial charge in [0.25, 0.3) is 0 Å². The number of hydrogen-bond donors (Lipinski definition) is 1. The van der Waals surface area contributed by atoms with Crippen molar-refractivity contribution in [2.45, 2.75) is 56.9 Å². The molecule has 0 amide bonds. The van der Waals surface area contributed by atoms with Crippen molar-refractivity contribution < 1.29 is 0 Å². The van der Waals surface area contributed by atoms with Gasteiger partial charge in [0.2, 0.25) is 0 Å². The smallest absolute Gasteiger partial charge is 0.0962 e. The minimum atomic E-state index is 0.279. The van der Waals surface area contributed by atoms with E-state index < -0.39 is 0 Å². The quantitative estimate of drug-likeness (QED) is 0.793. The summed E-state index contributed by atoms with van der Waals surface area (Å²) in [6.07, 6.45) is 9.01. The average molecular weight is 222 g/mol. The Labute approximate surface area is 94.9 Å². The molecule has 3 heteroatoms. The lowest BCUT2D eigenvalue weighted by Crippen LogP contribution is -2.15. The summed E-state index contributed by atoms with van der Waals surface area (Å²) in [6, 6.07) is 0.279. The van der Waals surface area contributed by atoms with Gasteiger partial charge in [-0.15, -0.1) is 11.3 Å². The van der Waals surface area contributed by atoms with Crippen LogP contribution in [-0.2, 0) is 6.42 Å². The maximum absolute atomic E-state index is 6.13. The molecular formula is C12H18N2S. The first kappa shape index (κ1) is 9.79. The topological polar surface area (TPSA) is 38.9 Å². The molecule has 2 aliphatic rings. The van der Waals surface area contributed by atoms with Gasteiger partial charge >= 0.3 is 0 Å². The molecule has 1 fully saturated rings. The second kappa shape index (κ2) is 3.87. The first-order valence-electron chi connectivity index (χ1n) is 6.09. The molecule has 0 radical (unpaired) electrons. The van der Waals surface area contributed by atoms with Crippen LogP contribution in [-0.4, -0.2) is 4.98 Å². The van der Waals surface area contributed by atoms with Crippen molar-refractivity contribution in [3.05, 3.63) is 15.6 Å². The van der Waals surface area contributed by atoms with Gasteiger partial charge < -0.3 is 5.73 Å². The lowest BCUT2D eigenvalue weighted by Gasteiger charge is -2.15. The number of thiazole rings is 1. The summed E-state index contributed by atoms with van der Waals surface area (Å²) in [4.78, 5) is 6.21. The Morgan fingerprint density at radius 2 is 1.93 bits per heavy atom. The molecule has 1 saturated carbocycles. The van der Waals surface area contributed by atoms with Crippen LogP contribution in [0.2, 0.25) is 0 Å². The molecule has 1 atom stereocenters. The third-order valence-corrected chi connectivity index (χ3v) is 5.11. The van der Waals surface area contributed by atoms with Crippen LogP contribution in [0.15, 0.2) is 0 Å². The average Bonchev–Trinajstić information content (AvgIpc) is 2.86. The maximum atomic E-state index is 6.13. The third kappa shape index (κ3) is 1.72. The van der Waals surface area contributed by atoms with E-state index in [0.717, 1.165) is 18.8 Å². The molecule has 1 heterocycles. The number of nitrogens with zero attached hydrogens (tertiary/aromatic N) is 1. The third-order valence-electron chi connectivity index (χ3n) is 3.71. The van der Waals surface area contributed by atoms with E-state index in [-0.39, 0.29) is 6.04 Å². The second-order valence-corrected chi connectivity index (χ2v) is 5.91. The summed E-state index contributed by atoms with van der Waals surface area (Å²) in [5, 5.41) is 1.38. The highest BCUT2D eigenvalue weighted by Gasteiger charge is 2.26. The lowest BCUT2D eigenvalue weighted by molar-refractivity contribution is 0.571. The highest BCUT2D eigenvalue weighted by molar-refractivity contribution is 7.12. The van der Waals surface area contributed by atoms with Crippen LogP contribution in [0.4, 0.5) is 0 Å². The second-order valence-electron chi connectivity index (χ2n) is 4.84. The number of rotatable bonds is 1. The van der Waals surface area contributed by atoms with E-state index in [2.05, 4.69) is 0 Å². The molecule has 2 aliphatic carbocycles. The van der Waals surface area contributed by atoms with Crippen molar-refractivity contribution in [2.75, 3.05) is 0 Å².